The van der Waals surface area contributed by atoms with Crippen LogP contribution < -0.4 is 15.2 Å². The maximum Gasteiger partial charge on any atom is 0.141 e. The molecular weight excluding hydrogens is 238 g/mol. The molecule has 98 valence electrons. The van der Waals surface area contributed by atoms with Gasteiger partial charge in [0.2, 0.25) is 0 Å². The monoisotopic (exact) mass is 255 g/mol. The average Bonchev–Trinajstić information content (AvgIpc) is 2.46. The Morgan fingerprint density at radius 2 is 1.47 bits per heavy atom. The van der Waals surface area contributed by atoms with Crippen molar-refractivity contribution < 1.29 is 9.47 Å². The minimum Gasteiger partial charge on any atom is -0.497 e. The zero-order chi connectivity index (χ0) is 13.7. The number of benzene rings is 2. The highest BCUT2D eigenvalue weighted by Gasteiger charge is 1.98. The van der Waals surface area contributed by atoms with E-state index < -0.39 is 0 Å². The second kappa shape index (κ2) is 5.96. The van der Waals surface area contributed by atoms with Crippen LogP contribution in [0.25, 0.3) is 12.2 Å². The van der Waals surface area contributed by atoms with Crippen molar-refractivity contribution in [2.75, 3.05) is 20.0 Å². The molecule has 2 aromatic rings. The molecule has 0 fully saturated rings. The molecule has 3 heteroatoms. The van der Waals surface area contributed by atoms with Crippen LogP contribution in [0.4, 0.5) is 5.69 Å². The lowest BCUT2D eigenvalue weighted by Gasteiger charge is -2.04. The largest absolute Gasteiger partial charge is 0.497 e. The molecule has 3 nitrogen and oxygen atoms in total. The van der Waals surface area contributed by atoms with Crippen molar-refractivity contribution in [1.82, 2.24) is 0 Å². The predicted octanol–water partition coefficient (Wildman–Crippen LogP) is 3.46. The van der Waals surface area contributed by atoms with E-state index in [1.807, 2.05) is 54.6 Å². The molecule has 2 aromatic carbocycles. The summed E-state index contributed by atoms with van der Waals surface area (Å²) in [7, 11) is 3.27. The molecule has 0 unspecified atom stereocenters. The van der Waals surface area contributed by atoms with E-state index in [0.29, 0.717) is 11.4 Å². The smallest absolute Gasteiger partial charge is 0.141 e. The molecule has 2 rings (SSSR count). The van der Waals surface area contributed by atoms with E-state index in [1.165, 1.54) is 0 Å². The Morgan fingerprint density at radius 3 is 2.05 bits per heavy atom. The summed E-state index contributed by atoms with van der Waals surface area (Å²) in [4.78, 5) is 0. The molecule has 0 amide bonds. The topological polar surface area (TPSA) is 44.5 Å². The van der Waals surface area contributed by atoms with Crippen molar-refractivity contribution in [3.8, 4) is 11.5 Å². The second-order valence-corrected chi connectivity index (χ2v) is 4.11. The van der Waals surface area contributed by atoms with Gasteiger partial charge in [-0.2, -0.15) is 0 Å². The Morgan fingerprint density at radius 1 is 0.842 bits per heavy atom. The second-order valence-electron chi connectivity index (χ2n) is 4.11. The lowest BCUT2D eigenvalue weighted by atomic mass is 10.1. The van der Waals surface area contributed by atoms with Gasteiger partial charge in [0.25, 0.3) is 0 Å². The molecular formula is C16H17NO2. The molecule has 0 aliphatic heterocycles. The molecule has 0 aliphatic carbocycles. The van der Waals surface area contributed by atoms with Gasteiger partial charge in [-0.15, -0.1) is 0 Å². The van der Waals surface area contributed by atoms with Crippen LogP contribution in [0.2, 0.25) is 0 Å². The van der Waals surface area contributed by atoms with Crippen molar-refractivity contribution in [1.29, 1.82) is 0 Å². The van der Waals surface area contributed by atoms with Gasteiger partial charge in [-0.1, -0.05) is 30.4 Å². The Hall–Kier alpha value is -2.42. The first-order valence-electron chi connectivity index (χ1n) is 5.98. The Bertz CT molecular complexity index is 574. The third-order valence-electron chi connectivity index (χ3n) is 2.84. The van der Waals surface area contributed by atoms with Crippen LogP contribution in [0.3, 0.4) is 0 Å². The highest BCUT2D eigenvalue weighted by molar-refractivity contribution is 5.72. The van der Waals surface area contributed by atoms with E-state index in [9.17, 15) is 0 Å². The standard InChI is InChI=1S/C16H17NO2/c1-18-14-8-5-12(6-9-14)3-4-13-7-10-16(19-2)15(17)11-13/h3-11H,17H2,1-2H3/b4-3+. The van der Waals surface area contributed by atoms with Crippen molar-refractivity contribution in [2.24, 2.45) is 0 Å². The highest BCUT2D eigenvalue weighted by Crippen LogP contribution is 2.23. The summed E-state index contributed by atoms with van der Waals surface area (Å²) in [5.41, 5.74) is 8.64. The van der Waals surface area contributed by atoms with Gasteiger partial charge in [-0.3, -0.25) is 0 Å². The zero-order valence-corrected chi connectivity index (χ0v) is 11.1. The van der Waals surface area contributed by atoms with Gasteiger partial charge in [-0.05, 0) is 35.4 Å². The molecule has 0 spiro atoms. The quantitative estimate of drug-likeness (QED) is 0.672. The molecule has 0 saturated heterocycles. The molecule has 0 radical (unpaired) electrons. The first-order valence-corrected chi connectivity index (χ1v) is 5.98. The van der Waals surface area contributed by atoms with Crippen LogP contribution in [0, 0.1) is 0 Å². The normalized spacial score (nSPS) is 10.6. The summed E-state index contributed by atoms with van der Waals surface area (Å²) in [6.45, 7) is 0. The molecule has 2 N–H and O–H groups in total. The number of anilines is 1. The fourth-order valence-electron chi connectivity index (χ4n) is 1.76. The lowest BCUT2D eigenvalue weighted by Crippen LogP contribution is -1.92. The number of methoxy groups -OCH3 is 2. The molecule has 0 saturated carbocycles. The summed E-state index contributed by atoms with van der Waals surface area (Å²) in [6.07, 6.45) is 4.04. The van der Waals surface area contributed by atoms with E-state index in [4.69, 9.17) is 15.2 Å². The van der Waals surface area contributed by atoms with Crippen molar-refractivity contribution in [3.05, 3.63) is 53.6 Å². The van der Waals surface area contributed by atoms with E-state index in [2.05, 4.69) is 0 Å². The van der Waals surface area contributed by atoms with Crippen LogP contribution in [-0.2, 0) is 0 Å². The molecule has 0 bridgehead atoms. The molecule has 19 heavy (non-hydrogen) atoms. The average molecular weight is 255 g/mol. The highest BCUT2D eigenvalue weighted by atomic mass is 16.5. The lowest BCUT2D eigenvalue weighted by molar-refractivity contribution is 0.415. The third-order valence-corrected chi connectivity index (χ3v) is 2.84. The molecule has 0 heterocycles. The maximum absolute atomic E-state index is 5.86. The van der Waals surface area contributed by atoms with E-state index >= 15 is 0 Å². The molecule has 0 aromatic heterocycles. The van der Waals surface area contributed by atoms with Crippen molar-refractivity contribution >= 4 is 17.8 Å². The number of hydrogen-bond donors (Lipinski definition) is 1. The van der Waals surface area contributed by atoms with E-state index in [1.54, 1.807) is 14.2 Å². The zero-order valence-electron chi connectivity index (χ0n) is 11.1. The van der Waals surface area contributed by atoms with Crippen LogP contribution in [-0.4, -0.2) is 14.2 Å². The fourth-order valence-corrected chi connectivity index (χ4v) is 1.76. The SMILES string of the molecule is COc1ccc(/C=C/c2ccc(OC)c(N)c2)cc1. The van der Waals surface area contributed by atoms with Gasteiger partial charge in [0, 0.05) is 0 Å². The predicted molar refractivity (Wildman–Crippen MR) is 79.3 cm³/mol. The van der Waals surface area contributed by atoms with Crippen LogP contribution in [0.5, 0.6) is 11.5 Å². The van der Waals surface area contributed by atoms with Gasteiger partial charge in [0.1, 0.15) is 11.5 Å². The summed E-state index contributed by atoms with van der Waals surface area (Å²) in [6, 6.07) is 13.6. The van der Waals surface area contributed by atoms with Gasteiger partial charge in [-0.25, -0.2) is 0 Å². The Kier molecular flexibility index (Phi) is 4.08. The summed E-state index contributed by atoms with van der Waals surface area (Å²) < 4.78 is 10.2. The number of nitrogen functional groups attached to an aromatic ring is 1. The summed E-state index contributed by atoms with van der Waals surface area (Å²) in [5, 5.41) is 0. The van der Waals surface area contributed by atoms with Crippen molar-refractivity contribution in [3.63, 3.8) is 0 Å². The minimum absolute atomic E-state index is 0.638. The van der Waals surface area contributed by atoms with Gasteiger partial charge in [0.05, 0.1) is 19.9 Å². The number of rotatable bonds is 4. The summed E-state index contributed by atoms with van der Waals surface area (Å²) >= 11 is 0. The van der Waals surface area contributed by atoms with Crippen molar-refractivity contribution in [2.45, 2.75) is 0 Å². The van der Waals surface area contributed by atoms with Gasteiger partial charge >= 0.3 is 0 Å². The van der Waals surface area contributed by atoms with Crippen LogP contribution in [0.1, 0.15) is 11.1 Å². The Labute approximate surface area is 113 Å². The fraction of sp³-hybridized carbons (Fsp3) is 0.125. The molecule has 0 aliphatic rings. The minimum atomic E-state index is 0.638. The number of hydrogen-bond acceptors (Lipinski definition) is 3. The van der Waals surface area contributed by atoms with Crippen LogP contribution in [0.15, 0.2) is 42.5 Å². The van der Waals surface area contributed by atoms with Gasteiger partial charge in [0.15, 0.2) is 0 Å². The van der Waals surface area contributed by atoms with E-state index in [0.717, 1.165) is 16.9 Å². The summed E-state index contributed by atoms with van der Waals surface area (Å²) in [5.74, 6) is 1.55. The third kappa shape index (κ3) is 3.28. The van der Waals surface area contributed by atoms with E-state index in [-0.39, 0.29) is 0 Å². The first kappa shape index (κ1) is 13.0. The number of ether oxygens (including phenoxy) is 2. The maximum atomic E-state index is 5.86. The Balaban J connectivity index is 2.15. The number of nitrogens with two attached hydrogens (primary N) is 1. The van der Waals surface area contributed by atoms with Crippen LogP contribution >= 0.6 is 0 Å². The van der Waals surface area contributed by atoms with Gasteiger partial charge < -0.3 is 15.2 Å². The molecule has 0 atom stereocenters. The first-order chi connectivity index (χ1) is 9.22.